The molecule has 0 aliphatic rings. The van der Waals surface area contributed by atoms with Crippen LogP contribution in [0.3, 0.4) is 0 Å². The lowest BCUT2D eigenvalue weighted by atomic mass is 10.4. The van der Waals surface area contributed by atoms with Gasteiger partial charge in [0.1, 0.15) is 0 Å². The standard InChI is InChI=1S/C11H13N3O2/c1-3-6-12-8-10(15)14-9-4-5-11(16-2)13-7-9/h1,4-5,7,12H,6,8H2,2H3,(H,14,15). The number of carbonyl (C=O) groups is 1. The van der Waals surface area contributed by atoms with Crippen molar-refractivity contribution >= 4 is 11.6 Å². The summed E-state index contributed by atoms with van der Waals surface area (Å²) in [6.07, 6.45) is 6.56. The Labute approximate surface area is 94.2 Å². The van der Waals surface area contributed by atoms with Gasteiger partial charge in [-0.3, -0.25) is 10.1 Å². The molecule has 0 aliphatic heterocycles. The molecule has 5 heteroatoms. The summed E-state index contributed by atoms with van der Waals surface area (Å²) in [5.41, 5.74) is 0.619. The molecule has 1 aromatic heterocycles. The molecule has 0 unspecified atom stereocenters. The number of hydrogen-bond donors (Lipinski definition) is 2. The first-order valence-corrected chi connectivity index (χ1v) is 4.70. The molecule has 0 saturated heterocycles. The molecule has 1 rings (SSSR count). The first kappa shape index (κ1) is 12.0. The average Bonchev–Trinajstić information content (AvgIpc) is 2.30. The van der Waals surface area contributed by atoms with Crippen molar-refractivity contribution in [3.63, 3.8) is 0 Å². The summed E-state index contributed by atoms with van der Waals surface area (Å²) < 4.78 is 4.90. The molecule has 0 bridgehead atoms. The van der Waals surface area contributed by atoms with E-state index in [-0.39, 0.29) is 12.5 Å². The number of pyridine rings is 1. The third-order valence-corrected chi connectivity index (χ3v) is 1.74. The number of ether oxygens (including phenoxy) is 1. The van der Waals surface area contributed by atoms with Gasteiger partial charge in [0.25, 0.3) is 0 Å². The second kappa shape index (κ2) is 6.43. The number of rotatable bonds is 5. The molecule has 1 amide bonds. The Morgan fingerprint density at radius 1 is 1.62 bits per heavy atom. The zero-order valence-electron chi connectivity index (χ0n) is 8.99. The van der Waals surface area contributed by atoms with Crippen LogP contribution in [0.25, 0.3) is 0 Å². The average molecular weight is 219 g/mol. The number of anilines is 1. The van der Waals surface area contributed by atoms with E-state index in [2.05, 4.69) is 21.5 Å². The van der Waals surface area contributed by atoms with Gasteiger partial charge in [-0.15, -0.1) is 6.42 Å². The molecule has 0 fully saturated rings. The lowest BCUT2D eigenvalue weighted by Gasteiger charge is -2.05. The molecule has 1 heterocycles. The van der Waals surface area contributed by atoms with Crippen LogP contribution in [0.5, 0.6) is 5.88 Å². The Balaban J connectivity index is 2.41. The predicted molar refractivity (Wildman–Crippen MR) is 61.1 cm³/mol. The molecule has 0 radical (unpaired) electrons. The van der Waals surface area contributed by atoms with Crippen molar-refractivity contribution in [3.05, 3.63) is 18.3 Å². The van der Waals surface area contributed by atoms with Crippen LogP contribution < -0.4 is 15.4 Å². The fourth-order valence-electron chi connectivity index (χ4n) is 1.03. The Morgan fingerprint density at radius 2 is 2.44 bits per heavy atom. The maximum Gasteiger partial charge on any atom is 0.238 e. The number of amides is 1. The topological polar surface area (TPSA) is 63.2 Å². The van der Waals surface area contributed by atoms with Crippen molar-refractivity contribution < 1.29 is 9.53 Å². The summed E-state index contributed by atoms with van der Waals surface area (Å²) in [5.74, 6) is 2.72. The molecule has 16 heavy (non-hydrogen) atoms. The molecule has 84 valence electrons. The Kier molecular flexibility index (Phi) is 4.83. The van der Waals surface area contributed by atoms with Gasteiger partial charge in [-0.05, 0) is 6.07 Å². The second-order valence-electron chi connectivity index (χ2n) is 2.95. The number of terminal acetylenes is 1. The highest BCUT2D eigenvalue weighted by molar-refractivity contribution is 5.92. The summed E-state index contributed by atoms with van der Waals surface area (Å²) in [6, 6.07) is 3.38. The maximum atomic E-state index is 11.3. The van der Waals surface area contributed by atoms with Crippen LogP contribution in [0.1, 0.15) is 0 Å². The van der Waals surface area contributed by atoms with Crippen LogP contribution in [0.4, 0.5) is 5.69 Å². The summed E-state index contributed by atoms with van der Waals surface area (Å²) in [7, 11) is 1.53. The third-order valence-electron chi connectivity index (χ3n) is 1.74. The van der Waals surface area contributed by atoms with E-state index in [4.69, 9.17) is 11.2 Å². The van der Waals surface area contributed by atoms with E-state index in [1.165, 1.54) is 13.3 Å². The van der Waals surface area contributed by atoms with Gasteiger partial charge in [0.05, 0.1) is 32.1 Å². The van der Waals surface area contributed by atoms with E-state index >= 15 is 0 Å². The summed E-state index contributed by atoms with van der Waals surface area (Å²) in [4.78, 5) is 15.3. The SMILES string of the molecule is C#CCNCC(=O)Nc1ccc(OC)nc1. The molecule has 0 atom stereocenters. The first-order chi connectivity index (χ1) is 7.76. The van der Waals surface area contributed by atoms with Crippen LogP contribution in [0.2, 0.25) is 0 Å². The number of carbonyl (C=O) groups excluding carboxylic acids is 1. The highest BCUT2D eigenvalue weighted by Crippen LogP contribution is 2.10. The minimum atomic E-state index is -0.165. The highest BCUT2D eigenvalue weighted by atomic mass is 16.5. The number of nitrogens with one attached hydrogen (secondary N) is 2. The minimum absolute atomic E-state index is 0.165. The largest absolute Gasteiger partial charge is 0.481 e. The molecule has 1 aromatic rings. The van der Waals surface area contributed by atoms with Crippen LogP contribution in [0, 0.1) is 12.3 Å². The Bertz CT molecular complexity index is 381. The zero-order chi connectivity index (χ0) is 11.8. The minimum Gasteiger partial charge on any atom is -0.481 e. The fourth-order valence-corrected chi connectivity index (χ4v) is 1.03. The Morgan fingerprint density at radius 3 is 3.00 bits per heavy atom. The molecule has 0 aromatic carbocycles. The number of aromatic nitrogens is 1. The van der Waals surface area contributed by atoms with Crippen LogP contribution in [-0.4, -0.2) is 31.1 Å². The summed E-state index contributed by atoms with van der Waals surface area (Å²) >= 11 is 0. The van der Waals surface area contributed by atoms with Gasteiger partial charge < -0.3 is 10.1 Å². The van der Waals surface area contributed by atoms with Gasteiger partial charge >= 0.3 is 0 Å². The maximum absolute atomic E-state index is 11.3. The van der Waals surface area contributed by atoms with Gasteiger partial charge in [0, 0.05) is 6.07 Å². The van der Waals surface area contributed by atoms with Gasteiger partial charge in [-0.1, -0.05) is 5.92 Å². The molecule has 0 saturated carbocycles. The van der Waals surface area contributed by atoms with Gasteiger partial charge in [-0.2, -0.15) is 0 Å². The van der Waals surface area contributed by atoms with E-state index in [9.17, 15) is 4.79 Å². The van der Waals surface area contributed by atoms with Crippen LogP contribution in [0.15, 0.2) is 18.3 Å². The molecule has 0 spiro atoms. The summed E-state index contributed by atoms with van der Waals surface area (Å²) in [6.45, 7) is 0.546. The third kappa shape index (κ3) is 3.98. The van der Waals surface area contributed by atoms with E-state index in [1.54, 1.807) is 12.1 Å². The predicted octanol–water partition coefficient (Wildman–Crippen LogP) is 0.251. The van der Waals surface area contributed by atoms with Gasteiger partial charge in [0.15, 0.2) is 0 Å². The van der Waals surface area contributed by atoms with E-state index < -0.39 is 0 Å². The second-order valence-corrected chi connectivity index (χ2v) is 2.95. The first-order valence-electron chi connectivity index (χ1n) is 4.70. The van der Waals surface area contributed by atoms with Crippen molar-refractivity contribution in [2.45, 2.75) is 0 Å². The number of nitrogens with zero attached hydrogens (tertiary/aromatic N) is 1. The van der Waals surface area contributed by atoms with E-state index in [0.717, 1.165) is 0 Å². The van der Waals surface area contributed by atoms with E-state index in [0.29, 0.717) is 18.1 Å². The number of hydrogen-bond acceptors (Lipinski definition) is 4. The van der Waals surface area contributed by atoms with Crippen molar-refractivity contribution in [1.29, 1.82) is 0 Å². The summed E-state index contributed by atoms with van der Waals surface area (Å²) in [5, 5.41) is 5.45. The quantitative estimate of drug-likeness (QED) is 0.550. The van der Waals surface area contributed by atoms with Gasteiger partial charge in [0.2, 0.25) is 11.8 Å². The molecular weight excluding hydrogens is 206 g/mol. The lowest BCUT2D eigenvalue weighted by molar-refractivity contribution is -0.115. The molecular formula is C11H13N3O2. The van der Waals surface area contributed by atoms with Gasteiger partial charge in [-0.25, -0.2) is 4.98 Å². The van der Waals surface area contributed by atoms with Crippen molar-refractivity contribution in [3.8, 4) is 18.2 Å². The van der Waals surface area contributed by atoms with Crippen molar-refractivity contribution in [1.82, 2.24) is 10.3 Å². The number of methoxy groups -OCH3 is 1. The van der Waals surface area contributed by atoms with E-state index in [1.807, 2.05) is 0 Å². The normalized spacial score (nSPS) is 9.25. The van der Waals surface area contributed by atoms with Crippen LogP contribution >= 0.6 is 0 Å². The molecule has 2 N–H and O–H groups in total. The Hall–Kier alpha value is -2.06. The molecule has 5 nitrogen and oxygen atoms in total. The monoisotopic (exact) mass is 219 g/mol. The highest BCUT2D eigenvalue weighted by Gasteiger charge is 2.01. The lowest BCUT2D eigenvalue weighted by Crippen LogP contribution is -2.28. The molecule has 0 aliphatic carbocycles. The van der Waals surface area contributed by atoms with Crippen LogP contribution in [-0.2, 0) is 4.79 Å². The van der Waals surface area contributed by atoms with Crippen molar-refractivity contribution in [2.24, 2.45) is 0 Å². The van der Waals surface area contributed by atoms with Crippen molar-refractivity contribution in [2.75, 3.05) is 25.5 Å². The fraction of sp³-hybridized carbons (Fsp3) is 0.273. The smallest absolute Gasteiger partial charge is 0.238 e. The zero-order valence-corrected chi connectivity index (χ0v) is 8.99.